The molecule has 0 aromatic rings. The minimum atomic E-state index is 0. The Morgan fingerprint density at radius 3 is 2.40 bits per heavy atom. The van der Waals surface area contributed by atoms with E-state index in [1.165, 1.54) is 25.9 Å². The zero-order valence-electron chi connectivity index (χ0n) is 5.77. The lowest BCUT2D eigenvalue weighted by Crippen LogP contribution is -2.19. The molecule has 1 heterocycles. The van der Waals surface area contributed by atoms with Gasteiger partial charge in [0.1, 0.15) is 0 Å². The largest absolute Gasteiger partial charge is 0.302 e. The summed E-state index contributed by atoms with van der Waals surface area (Å²) in [6, 6.07) is 0. The quantitative estimate of drug-likeness (QED) is 0.527. The number of rotatable bonds is 2. The molecule has 0 N–H and O–H groups in total. The molecule has 0 bridgehead atoms. The first-order chi connectivity index (χ1) is 4.43. The van der Waals surface area contributed by atoms with Gasteiger partial charge in [0.2, 0.25) is 0 Å². The molecular formula is C9H17N. The first kappa shape index (κ1) is 9.52. The molecular weight excluding hydrogens is 122 g/mol. The Bertz CT molecular complexity index is 106. The lowest BCUT2D eigenvalue weighted by molar-refractivity contribution is 0.348. The summed E-state index contributed by atoms with van der Waals surface area (Å²) in [7, 11) is 0. The van der Waals surface area contributed by atoms with E-state index in [0.717, 1.165) is 13.0 Å². The van der Waals surface area contributed by atoms with Crippen molar-refractivity contribution in [3.63, 3.8) is 0 Å². The standard InChI is InChI=1S/C8H13N.CH4/c1-2-3-6-9-7-4-5-8-9;/h1H,3-8H2;1H4. The summed E-state index contributed by atoms with van der Waals surface area (Å²) in [5, 5.41) is 0. The van der Waals surface area contributed by atoms with Crippen LogP contribution in [0.5, 0.6) is 0 Å². The SMILES string of the molecule is C.C#CCCN1CCCC1. The van der Waals surface area contributed by atoms with Crippen LogP contribution in [0.1, 0.15) is 26.7 Å². The van der Waals surface area contributed by atoms with Crippen molar-refractivity contribution >= 4 is 0 Å². The fraction of sp³-hybridized carbons (Fsp3) is 0.778. The van der Waals surface area contributed by atoms with Gasteiger partial charge in [0, 0.05) is 13.0 Å². The molecule has 1 heteroatoms. The van der Waals surface area contributed by atoms with Crippen LogP contribution in [-0.2, 0) is 0 Å². The first-order valence-corrected chi connectivity index (χ1v) is 3.59. The maximum absolute atomic E-state index is 5.13. The van der Waals surface area contributed by atoms with Gasteiger partial charge in [0.15, 0.2) is 0 Å². The highest BCUT2D eigenvalue weighted by atomic mass is 15.1. The first-order valence-electron chi connectivity index (χ1n) is 3.59. The van der Waals surface area contributed by atoms with Crippen molar-refractivity contribution < 1.29 is 0 Å². The Hall–Kier alpha value is -0.480. The normalized spacial score (nSPS) is 17.9. The van der Waals surface area contributed by atoms with Crippen molar-refractivity contribution in [1.82, 2.24) is 4.90 Å². The van der Waals surface area contributed by atoms with Crippen LogP contribution in [0.2, 0.25) is 0 Å². The van der Waals surface area contributed by atoms with Gasteiger partial charge in [-0.1, -0.05) is 7.43 Å². The van der Waals surface area contributed by atoms with Crippen LogP contribution >= 0.6 is 0 Å². The van der Waals surface area contributed by atoms with Crippen LogP contribution in [0.3, 0.4) is 0 Å². The van der Waals surface area contributed by atoms with E-state index in [4.69, 9.17) is 6.42 Å². The summed E-state index contributed by atoms with van der Waals surface area (Å²) in [4.78, 5) is 2.43. The highest BCUT2D eigenvalue weighted by Crippen LogP contribution is 2.06. The molecule has 10 heavy (non-hydrogen) atoms. The van der Waals surface area contributed by atoms with Gasteiger partial charge >= 0.3 is 0 Å². The Balaban J connectivity index is 0.000000810. The summed E-state index contributed by atoms with van der Waals surface area (Å²) in [6.45, 7) is 3.64. The van der Waals surface area contributed by atoms with E-state index in [9.17, 15) is 0 Å². The molecule has 0 saturated carbocycles. The summed E-state index contributed by atoms with van der Waals surface area (Å²) in [5.41, 5.74) is 0. The van der Waals surface area contributed by atoms with Gasteiger partial charge in [-0.15, -0.1) is 12.3 Å². The van der Waals surface area contributed by atoms with E-state index in [1.54, 1.807) is 0 Å². The van der Waals surface area contributed by atoms with Crippen LogP contribution in [0.4, 0.5) is 0 Å². The molecule has 0 amide bonds. The zero-order valence-corrected chi connectivity index (χ0v) is 5.77. The van der Waals surface area contributed by atoms with Gasteiger partial charge in [-0.25, -0.2) is 0 Å². The predicted octanol–water partition coefficient (Wildman–Crippen LogP) is 1.74. The summed E-state index contributed by atoms with van der Waals surface area (Å²) >= 11 is 0. The van der Waals surface area contributed by atoms with E-state index in [0.29, 0.717) is 0 Å². The van der Waals surface area contributed by atoms with Gasteiger partial charge in [0.25, 0.3) is 0 Å². The smallest absolute Gasteiger partial charge is 0.0214 e. The number of terminal acetylenes is 1. The van der Waals surface area contributed by atoms with Crippen LogP contribution < -0.4 is 0 Å². The van der Waals surface area contributed by atoms with Crippen molar-refractivity contribution in [2.45, 2.75) is 26.7 Å². The van der Waals surface area contributed by atoms with Gasteiger partial charge < -0.3 is 4.90 Å². The Morgan fingerprint density at radius 1 is 1.30 bits per heavy atom. The Labute approximate surface area is 64.4 Å². The third-order valence-electron chi connectivity index (χ3n) is 1.77. The third kappa shape index (κ3) is 2.89. The van der Waals surface area contributed by atoms with Gasteiger partial charge in [-0.05, 0) is 25.9 Å². The van der Waals surface area contributed by atoms with Gasteiger partial charge in [-0.3, -0.25) is 0 Å². The molecule has 1 fully saturated rings. The van der Waals surface area contributed by atoms with Crippen molar-refractivity contribution in [3.8, 4) is 12.3 Å². The summed E-state index contributed by atoms with van der Waals surface area (Å²) < 4.78 is 0. The maximum Gasteiger partial charge on any atom is 0.0214 e. The number of likely N-dealkylation sites (tertiary alicyclic amines) is 1. The van der Waals surface area contributed by atoms with E-state index < -0.39 is 0 Å². The lowest BCUT2D eigenvalue weighted by atomic mass is 10.4. The van der Waals surface area contributed by atoms with E-state index in [-0.39, 0.29) is 7.43 Å². The molecule has 1 aliphatic rings. The fourth-order valence-electron chi connectivity index (χ4n) is 1.23. The number of nitrogens with zero attached hydrogens (tertiary/aromatic N) is 1. The predicted molar refractivity (Wildman–Crippen MR) is 45.9 cm³/mol. The second-order valence-electron chi connectivity index (χ2n) is 2.50. The van der Waals surface area contributed by atoms with Crippen molar-refractivity contribution in [1.29, 1.82) is 0 Å². The van der Waals surface area contributed by atoms with Gasteiger partial charge in [-0.2, -0.15) is 0 Å². The molecule has 1 nitrogen and oxygen atoms in total. The van der Waals surface area contributed by atoms with Crippen LogP contribution in [0, 0.1) is 12.3 Å². The Kier molecular flexibility index (Phi) is 5.06. The van der Waals surface area contributed by atoms with Crippen molar-refractivity contribution in [2.24, 2.45) is 0 Å². The third-order valence-corrected chi connectivity index (χ3v) is 1.77. The topological polar surface area (TPSA) is 3.24 Å². The molecule has 0 aliphatic carbocycles. The molecule has 1 aliphatic heterocycles. The second-order valence-corrected chi connectivity index (χ2v) is 2.50. The molecule has 1 saturated heterocycles. The van der Waals surface area contributed by atoms with E-state index >= 15 is 0 Å². The highest BCUT2D eigenvalue weighted by Gasteiger charge is 2.08. The van der Waals surface area contributed by atoms with E-state index in [2.05, 4.69) is 10.8 Å². The zero-order chi connectivity index (χ0) is 6.53. The second kappa shape index (κ2) is 5.32. The molecule has 0 unspecified atom stereocenters. The molecule has 0 spiro atoms. The molecule has 58 valence electrons. The monoisotopic (exact) mass is 139 g/mol. The van der Waals surface area contributed by atoms with Crippen molar-refractivity contribution in [3.05, 3.63) is 0 Å². The van der Waals surface area contributed by atoms with Crippen molar-refractivity contribution in [2.75, 3.05) is 19.6 Å². The fourth-order valence-corrected chi connectivity index (χ4v) is 1.23. The molecule has 0 radical (unpaired) electrons. The summed E-state index contributed by atoms with van der Waals surface area (Å²) in [5.74, 6) is 2.65. The average Bonchev–Trinajstić information content (AvgIpc) is 2.34. The molecule has 0 atom stereocenters. The van der Waals surface area contributed by atoms with E-state index in [1.807, 2.05) is 0 Å². The minimum Gasteiger partial charge on any atom is -0.302 e. The van der Waals surface area contributed by atoms with Gasteiger partial charge in [0.05, 0.1) is 0 Å². The lowest BCUT2D eigenvalue weighted by Gasteiger charge is -2.10. The maximum atomic E-state index is 5.13. The van der Waals surface area contributed by atoms with Crippen LogP contribution in [-0.4, -0.2) is 24.5 Å². The molecule has 0 aromatic carbocycles. The average molecular weight is 139 g/mol. The molecule has 1 rings (SSSR count). The number of hydrogen-bond donors (Lipinski definition) is 0. The Morgan fingerprint density at radius 2 is 1.90 bits per heavy atom. The number of hydrogen-bond acceptors (Lipinski definition) is 1. The van der Waals surface area contributed by atoms with Crippen LogP contribution in [0.15, 0.2) is 0 Å². The minimum absolute atomic E-state index is 0. The summed E-state index contributed by atoms with van der Waals surface area (Å²) in [6.07, 6.45) is 8.78. The highest BCUT2D eigenvalue weighted by molar-refractivity contribution is 4.85. The van der Waals surface area contributed by atoms with Crippen LogP contribution in [0.25, 0.3) is 0 Å². The molecule has 0 aromatic heterocycles.